The number of aryl methyl sites for hydroxylation is 1. The summed E-state index contributed by atoms with van der Waals surface area (Å²) in [5, 5.41) is 0. The zero-order valence-electron chi connectivity index (χ0n) is 14.2. The molecule has 1 aromatic rings. The van der Waals surface area contributed by atoms with Crippen molar-refractivity contribution in [2.24, 2.45) is 11.3 Å². The molecule has 1 aromatic carbocycles. The summed E-state index contributed by atoms with van der Waals surface area (Å²) in [6.07, 6.45) is 5.32. The molecule has 0 radical (unpaired) electrons. The molecule has 0 heterocycles. The average molecular weight is 328 g/mol. The molecule has 1 atom stereocenters. The van der Waals surface area contributed by atoms with Gasteiger partial charge in [0, 0.05) is 11.3 Å². The van der Waals surface area contributed by atoms with Gasteiger partial charge in [0.2, 0.25) is 0 Å². The van der Waals surface area contributed by atoms with E-state index in [1.807, 2.05) is 19.1 Å². The van der Waals surface area contributed by atoms with Gasteiger partial charge in [0.25, 0.3) is 0 Å². The van der Waals surface area contributed by atoms with Crippen LogP contribution in [0.5, 0.6) is 0 Å². The quantitative estimate of drug-likeness (QED) is 0.625. The molecule has 0 aliphatic heterocycles. The van der Waals surface area contributed by atoms with Gasteiger partial charge in [0.15, 0.2) is 0 Å². The molecular formula is C20H24O4. The van der Waals surface area contributed by atoms with Gasteiger partial charge in [-0.2, -0.15) is 0 Å². The molecule has 2 saturated carbocycles. The second-order valence-corrected chi connectivity index (χ2v) is 7.13. The Balaban J connectivity index is 1.62. The van der Waals surface area contributed by atoms with Crippen molar-refractivity contribution >= 4 is 17.5 Å². The van der Waals surface area contributed by atoms with Crippen molar-refractivity contribution < 1.29 is 19.1 Å². The van der Waals surface area contributed by atoms with Crippen LogP contribution in [0.3, 0.4) is 0 Å². The first kappa shape index (κ1) is 16.9. The van der Waals surface area contributed by atoms with Crippen molar-refractivity contribution in [1.29, 1.82) is 0 Å². The minimum atomic E-state index is -0.467. The molecule has 0 bridgehead atoms. The Morgan fingerprint density at radius 3 is 2.67 bits per heavy atom. The second-order valence-electron chi connectivity index (χ2n) is 7.13. The van der Waals surface area contributed by atoms with Gasteiger partial charge in [-0.3, -0.25) is 9.59 Å². The molecular weight excluding hydrogens is 304 g/mol. The standard InChI is InChI=1S/C20H24O4/c1-14-6-5-7-15(12-14)19(23)24-11-8-16-17(21)13-18(22)20(16)9-3-2-4-10-20/h5-7,12,16H,2-4,8-11,13H2,1H3. The number of hydrogen-bond donors (Lipinski definition) is 0. The fourth-order valence-electron chi connectivity index (χ4n) is 4.33. The molecule has 0 aromatic heterocycles. The highest BCUT2D eigenvalue weighted by molar-refractivity contribution is 6.10. The van der Waals surface area contributed by atoms with Crippen LogP contribution in [0, 0.1) is 18.3 Å². The second kappa shape index (κ2) is 6.88. The molecule has 128 valence electrons. The Morgan fingerprint density at radius 1 is 1.21 bits per heavy atom. The Bertz CT molecular complexity index is 655. The largest absolute Gasteiger partial charge is 0.462 e. The van der Waals surface area contributed by atoms with Crippen LogP contribution in [0.25, 0.3) is 0 Å². The highest BCUT2D eigenvalue weighted by Crippen LogP contribution is 2.50. The smallest absolute Gasteiger partial charge is 0.338 e. The molecule has 24 heavy (non-hydrogen) atoms. The van der Waals surface area contributed by atoms with Crippen molar-refractivity contribution in [3.63, 3.8) is 0 Å². The lowest BCUT2D eigenvalue weighted by Gasteiger charge is -2.36. The van der Waals surface area contributed by atoms with E-state index in [9.17, 15) is 14.4 Å². The van der Waals surface area contributed by atoms with Gasteiger partial charge in [0.1, 0.15) is 11.6 Å². The van der Waals surface area contributed by atoms with E-state index < -0.39 is 5.41 Å². The summed E-state index contributed by atoms with van der Waals surface area (Å²) in [5.41, 5.74) is 1.06. The molecule has 4 heteroatoms. The number of ketones is 2. The maximum atomic E-state index is 12.4. The first-order chi connectivity index (χ1) is 11.5. The summed E-state index contributed by atoms with van der Waals surface area (Å²) in [6, 6.07) is 7.26. The van der Waals surface area contributed by atoms with Gasteiger partial charge < -0.3 is 4.74 Å². The normalized spacial score (nSPS) is 22.8. The van der Waals surface area contributed by atoms with Gasteiger partial charge in [-0.25, -0.2) is 4.79 Å². The first-order valence-electron chi connectivity index (χ1n) is 8.83. The SMILES string of the molecule is Cc1cccc(C(=O)OCCC2C(=O)CC(=O)C23CCCCC3)c1. The van der Waals surface area contributed by atoms with Crippen molar-refractivity contribution in [2.45, 2.75) is 51.9 Å². The Labute approximate surface area is 142 Å². The fraction of sp³-hybridized carbons (Fsp3) is 0.550. The van der Waals surface area contributed by atoms with Gasteiger partial charge in [0.05, 0.1) is 18.6 Å². The van der Waals surface area contributed by atoms with E-state index >= 15 is 0 Å². The minimum Gasteiger partial charge on any atom is -0.462 e. The number of ether oxygens (including phenoxy) is 1. The molecule has 0 amide bonds. The zero-order chi connectivity index (χ0) is 17.2. The van der Waals surface area contributed by atoms with Gasteiger partial charge >= 0.3 is 5.97 Å². The molecule has 0 N–H and O–H groups in total. The lowest BCUT2D eigenvalue weighted by molar-refractivity contribution is -0.130. The summed E-state index contributed by atoms with van der Waals surface area (Å²) < 4.78 is 5.36. The van der Waals surface area contributed by atoms with Crippen LogP contribution in [0.4, 0.5) is 0 Å². The third kappa shape index (κ3) is 3.14. The molecule has 2 aliphatic rings. The van der Waals surface area contributed by atoms with Gasteiger partial charge in [-0.1, -0.05) is 37.0 Å². The maximum absolute atomic E-state index is 12.4. The zero-order valence-corrected chi connectivity index (χ0v) is 14.2. The summed E-state index contributed by atoms with van der Waals surface area (Å²) >= 11 is 0. The number of carbonyl (C=O) groups is 3. The number of hydrogen-bond acceptors (Lipinski definition) is 4. The van der Waals surface area contributed by atoms with Crippen molar-refractivity contribution in [1.82, 2.24) is 0 Å². The molecule has 3 rings (SSSR count). The molecule has 0 saturated heterocycles. The molecule has 1 unspecified atom stereocenters. The fourth-order valence-corrected chi connectivity index (χ4v) is 4.33. The third-order valence-electron chi connectivity index (χ3n) is 5.59. The molecule has 1 spiro atoms. The number of esters is 1. The van der Waals surface area contributed by atoms with E-state index in [2.05, 4.69) is 0 Å². The average Bonchev–Trinajstić information content (AvgIpc) is 2.79. The van der Waals surface area contributed by atoms with E-state index in [-0.39, 0.29) is 36.5 Å². The minimum absolute atomic E-state index is 0.0357. The highest BCUT2D eigenvalue weighted by atomic mass is 16.5. The van der Waals surface area contributed by atoms with Crippen molar-refractivity contribution in [3.05, 3.63) is 35.4 Å². The van der Waals surface area contributed by atoms with Crippen LogP contribution in [0.2, 0.25) is 0 Å². The van der Waals surface area contributed by atoms with Crippen molar-refractivity contribution in [3.8, 4) is 0 Å². The summed E-state index contributed by atoms with van der Waals surface area (Å²) in [6.45, 7) is 2.12. The summed E-state index contributed by atoms with van der Waals surface area (Å²) in [4.78, 5) is 36.8. The molecule has 2 fully saturated rings. The Kier molecular flexibility index (Phi) is 4.83. The highest BCUT2D eigenvalue weighted by Gasteiger charge is 2.53. The Morgan fingerprint density at radius 2 is 1.96 bits per heavy atom. The lowest BCUT2D eigenvalue weighted by atomic mass is 9.66. The number of rotatable bonds is 4. The van der Waals surface area contributed by atoms with Crippen LogP contribution in [-0.4, -0.2) is 24.1 Å². The van der Waals surface area contributed by atoms with E-state index in [0.29, 0.717) is 12.0 Å². The van der Waals surface area contributed by atoms with Crippen molar-refractivity contribution in [2.75, 3.05) is 6.61 Å². The van der Waals surface area contributed by atoms with Crippen LogP contribution in [-0.2, 0) is 14.3 Å². The summed E-state index contributed by atoms with van der Waals surface area (Å²) in [5.74, 6) is -0.487. The van der Waals surface area contributed by atoms with Crippen LogP contribution in [0.15, 0.2) is 24.3 Å². The summed E-state index contributed by atoms with van der Waals surface area (Å²) in [7, 11) is 0. The van der Waals surface area contributed by atoms with E-state index in [0.717, 1.165) is 37.7 Å². The maximum Gasteiger partial charge on any atom is 0.338 e. The number of carbonyl (C=O) groups excluding carboxylic acids is 3. The van der Waals surface area contributed by atoms with E-state index in [1.165, 1.54) is 0 Å². The Hall–Kier alpha value is -1.97. The number of Topliss-reactive ketones (excluding diaryl/α,β-unsaturated/α-hetero) is 2. The van der Waals surface area contributed by atoms with E-state index in [4.69, 9.17) is 4.74 Å². The predicted molar refractivity (Wildman–Crippen MR) is 89.7 cm³/mol. The van der Waals surface area contributed by atoms with Crippen LogP contribution >= 0.6 is 0 Å². The van der Waals surface area contributed by atoms with Gasteiger partial charge in [-0.15, -0.1) is 0 Å². The third-order valence-corrected chi connectivity index (χ3v) is 5.59. The van der Waals surface area contributed by atoms with Gasteiger partial charge in [-0.05, 0) is 38.3 Å². The molecule has 2 aliphatic carbocycles. The lowest BCUT2D eigenvalue weighted by Crippen LogP contribution is -2.36. The van der Waals surface area contributed by atoms with Crippen LogP contribution < -0.4 is 0 Å². The first-order valence-corrected chi connectivity index (χ1v) is 8.83. The number of benzene rings is 1. The van der Waals surface area contributed by atoms with E-state index in [1.54, 1.807) is 12.1 Å². The topological polar surface area (TPSA) is 60.4 Å². The monoisotopic (exact) mass is 328 g/mol. The van der Waals surface area contributed by atoms with Crippen LogP contribution in [0.1, 0.15) is 60.9 Å². The molecule has 4 nitrogen and oxygen atoms in total. The predicted octanol–water partition coefficient (Wildman–Crippen LogP) is 3.65.